The fraction of sp³-hybridized carbons (Fsp3) is 0.0690. The highest BCUT2D eigenvalue weighted by Crippen LogP contribution is 2.26. The summed E-state index contributed by atoms with van der Waals surface area (Å²) in [5.74, 6) is -1.65. The smallest absolute Gasteiger partial charge is 0.326 e. The predicted molar refractivity (Wildman–Crippen MR) is 149 cm³/mol. The largest absolute Gasteiger partial charge is 0.480 e. The number of aromatic nitrogens is 3. The van der Waals surface area contributed by atoms with Crippen molar-refractivity contribution in [1.82, 2.24) is 20.1 Å². The van der Waals surface area contributed by atoms with E-state index in [0.717, 1.165) is 27.7 Å². The summed E-state index contributed by atoms with van der Waals surface area (Å²) in [6.45, 7) is 0. The summed E-state index contributed by atoms with van der Waals surface area (Å²) in [6, 6.07) is 21.0. The minimum absolute atomic E-state index is 0.141. The normalized spacial score (nSPS) is 12.1. The SMILES string of the molecule is Nc1ccc(-c2nn(-c3cccc(Cl)c3)cc2/C=C/C(=O)N[C@@H](Cc2c[nH]c3ccccc23)C(=O)O)cc1. The molecule has 3 aromatic carbocycles. The number of hydrogen-bond donors (Lipinski definition) is 4. The average molecular weight is 526 g/mol. The van der Waals surface area contributed by atoms with Gasteiger partial charge in [-0.1, -0.05) is 48.0 Å². The Morgan fingerprint density at radius 3 is 2.66 bits per heavy atom. The first kappa shape index (κ1) is 24.9. The lowest BCUT2D eigenvalue weighted by atomic mass is 10.0. The molecular weight excluding hydrogens is 502 g/mol. The van der Waals surface area contributed by atoms with Crippen LogP contribution in [0.15, 0.2) is 91.3 Å². The van der Waals surface area contributed by atoms with Crippen molar-refractivity contribution in [1.29, 1.82) is 0 Å². The number of benzene rings is 3. The van der Waals surface area contributed by atoms with Crippen molar-refractivity contribution in [3.8, 4) is 16.9 Å². The first-order valence-electron chi connectivity index (χ1n) is 11.9. The lowest BCUT2D eigenvalue weighted by molar-refractivity contribution is -0.141. The summed E-state index contributed by atoms with van der Waals surface area (Å²) in [5, 5.41) is 18.6. The molecule has 5 rings (SSSR count). The summed E-state index contributed by atoms with van der Waals surface area (Å²) < 4.78 is 1.67. The molecule has 8 nitrogen and oxygen atoms in total. The Morgan fingerprint density at radius 1 is 1.11 bits per heavy atom. The van der Waals surface area contributed by atoms with Crippen molar-refractivity contribution in [2.45, 2.75) is 12.5 Å². The summed E-state index contributed by atoms with van der Waals surface area (Å²) in [4.78, 5) is 27.9. The van der Waals surface area contributed by atoms with Crippen LogP contribution in [0.3, 0.4) is 0 Å². The number of rotatable bonds is 8. The van der Waals surface area contributed by atoms with Crippen LogP contribution in [0.4, 0.5) is 5.69 Å². The van der Waals surface area contributed by atoms with E-state index in [1.54, 1.807) is 47.4 Å². The summed E-state index contributed by atoms with van der Waals surface area (Å²) >= 11 is 6.16. The number of nitrogens with one attached hydrogen (secondary N) is 2. The third-order valence-electron chi connectivity index (χ3n) is 6.13. The minimum Gasteiger partial charge on any atom is -0.480 e. The van der Waals surface area contributed by atoms with Gasteiger partial charge in [0.15, 0.2) is 0 Å². The molecule has 0 aliphatic rings. The summed E-state index contributed by atoms with van der Waals surface area (Å²) in [6.07, 6.45) is 6.61. The van der Waals surface area contributed by atoms with E-state index in [1.165, 1.54) is 6.08 Å². The number of aromatic amines is 1. The van der Waals surface area contributed by atoms with Crippen LogP contribution in [-0.4, -0.2) is 37.8 Å². The van der Waals surface area contributed by atoms with Crippen LogP contribution in [0.2, 0.25) is 5.02 Å². The van der Waals surface area contributed by atoms with E-state index in [4.69, 9.17) is 22.4 Å². The number of halogens is 1. The molecule has 190 valence electrons. The molecule has 2 heterocycles. The molecule has 0 fully saturated rings. The highest BCUT2D eigenvalue weighted by molar-refractivity contribution is 6.30. The highest BCUT2D eigenvalue weighted by Gasteiger charge is 2.21. The van der Waals surface area contributed by atoms with Crippen LogP contribution in [0.25, 0.3) is 33.9 Å². The molecule has 0 unspecified atom stereocenters. The van der Waals surface area contributed by atoms with Crippen molar-refractivity contribution in [2.75, 3.05) is 5.73 Å². The number of carboxylic acids is 1. The number of hydrogen-bond acceptors (Lipinski definition) is 4. The fourth-order valence-corrected chi connectivity index (χ4v) is 4.42. The minimum atomic E-state index is -1.12. The molecule has 9 heteroatoms. The third kappa shape index (κ3) is 5.45. The molecule has 1 atom stereocenters. The number of nitrogen functional groups attached to an aromatic ring is 1. The maximum atomic E-state index is 12.8. The van der Waals surface area contributed by atoms with Crippen LogP contribution in [0, 0.1) is 0 Å². The van der Waals surface area contributed by atoms with E-state index >= 15 is 0 Å². The number of carboxylic acid groups (broad SMARTS) is 1. The van der Waals surface area contributed by atoms with Crippen LogP contribution >= 0.6 is 11.6 Å². The van der Waals surface area contributed by atoms with E-state index in [1.807, 2.05) is 48.5 Å². The monoisotopic (exact) mass is 525 g/mol. The van der Waals surface area contributed by atoms with Gasteiger partial charge < -0.3 is 21.1 Å². The number of H-pyrrole nitrogens is 1. The molecule has 0 saturated carbocycles. The predicted octanol–water partition coefficient (Wildman–Crippen LogP) is 5.08. The lowest BCUT2D eigenvalue weighted by Gasteiger charge is -2.12. The van der Waals surface area contributed by atoms with Crippen LogP contribution in [0.5, 0.6) is 0 Å². The van der Waals surface area contributed by atoms with Crippen molar-refractivity contribution in [3.05, 3.63) is 107 Å². The number of nitrogens with two attached hydrogens (primary N) is 1. The van der Waals surface area contributed by atoms with Crippen LogP contribution in [-0.2, 0) is 16.0 Å². The molecule has 0 aliphatic heterocycles. The fourth-order valence-electron chi connectivity index (χ4n) is 4.23. The number of para-hydroxylation sites is 1. The molecule has 0 saturated heterocycles. The molecule has 38 heavy (non-hydrogen) atoms. The van der Waals surface area contributed by atoms with Crippen molar-refractivity contribution >= 4 is 46.1 Å². The van der Waals surface area contributed by atoms with Crippen LogP contribution < -0.4 is 11.1 Å². The topological polar surface area (TPSA) is 126 Å². The number of aliphatic carboxylic acids is 1. The number of fused-ring (bicyclic) bond motifs is 1. The van der Waals surface area contributed by atoms with E-state index in [2.05, 4.69) is 10.3 Å². The molecule has 1 amide bonds. The highest BCUT2D eigenvalue weighted by atomic mass is 35.5. The number of carbonyl (C=O) groups is 2. The van der Waals surface area contributed by atoms with Gasteiger partial charge in [0.1, 0.15) is 6.04 Å². The molecule has 0 aliphatic carbocycles. The van der Waals surface area contributed by atoms with E-state index in [0.29, 0.717) is 22.0 Å². The Labute approximate surface area is 223 Å². The molecule has 5 aromatic rings. The van der Waals surface area contributed by atoms with Gasteiger partial charge in [0.25, 0.3) is 0 Å². The van der Waals surface area contributed by atoms with Gasteiger partial charge >= 0.3 is 5.97 Å². The van der Waals surface area contributed by atoms with Gasteiger partial charge in [-0.25, -0.2) is 9.48 Å². The van der Waals surface area contributed by atoms with Gasteiger partial charge in [-0.05, 0) is 48.0 Å². The molecule has 5 N–H and O–H groups in total. The number of anilines is 1. The van der Waals surface area contributed by atoms with Gasteiger partial charge in [-0.3, -0.25) is 4.79 Å². The van der Waals surface area contributed by atoms with Gasteiger partial charge in [-0.2, -0.15) is 5.10 Å². The maximum absolute atomic E-state index is 12.8. The van der Waals surface area contributed by atoms with Gasteiger partial charge in [0, 0.05) is 57.6 Å². The number of amides is 1. The second-order valence-corrected chi connectivity index (χ2v) is 9.21. The summed E-state index contributed by atoms with van der Waals surface area (Å²) in [7, 11) is 0. The van der Waals surface area contributed by atoms with Gasteiger partial charge in [-0.15, -0.1) is 0 Å². The van der Waals surface area contributed by atoms with Gasteiger partial charge in [0.2, 0.25) is 5.91 Å². The third-order valence-corrected chi connectivity index (χ3v) is 6.36. The Morgan fingerprint density at radius 2 is 1.89 bits per heavy atom. The number of nitrogens with zero attached hydrogens (tertiary/aromatic N) is 2. The Kier molecular flexibility index (Phi) is 6.97. The van der Waals surface area contributed by atoms with E-state index < -0.39 is 17.9 Å². The first-order chi connectivity index (χ1) is 18.4. The zero-order chi connectivity index (χ0) is 26.6. The van der Waals surface area contributed by atoms with Crippen molar-refractivity contribution in [3.63, 3.8) is 0 Å². The maximum Gasteiger partial charge on any atom is 0.326 e. The Bertz CT molecular complexity index is 1650. The zero-order valence-electron chi connectivity index (χ0n) is 20.1. The standard InChI is InChI=1S/C29H24ClN5O3/c30-21-4-3-5-23(15-21)35-17-19(28(34-35)18-8-11-22(31)12-9-18)10-13-27(36)33-26(29(37)38)14-20-16-32-25-7-2-1-6-24(20)25/h1-13,15-17,26,32H,14,31H2,(H,33,36)(H,37,38)/b13-10+/t26-/m0/s1. The zero-order valence-corrected chi connectivity index (χ0v) is 20.9. The molecule has 2 aromatic heterocycles. The average Bonchev–Trinajstić information content (AvgIpc) is 3.52. The van der Waals surface area contributed by atoms with Crippen molar-refractivity contribution < 1.29 is 14.7 Å². The second kappa shape index (κ2) is 10.7. The van der Waals surface area contributed by atoms with Crippen LogP contribution in [0.1, 0.15) is 11.1 Å². The van der Waals surface area contributed by atoms with E-state index in [9.17, 15) is 14.7 Å². The van der Waals surface area contributed by atoms with E-state index in [-0.39, 0.29) is 6.42 Å². The first-order valence-corrected chi connectivity index (χ1v) is 12.2. The van der Waals surface area contributed by atoms with Crippen molar-refractivity contribution in [2.24, 2.45) is 0 Å². The molecule has 0 bridgehead atoms. The Balaban J connectivity index is 1.40. The summed E-state index contributed by atoms with van der Waals surface area (Å²) in [5.41, 5.74) is 11.0. The quantitative estimate of drug-likeness (QED) is 0.166. The van der Waals surface area contributed by atoms with Gasteiger partial charge in [0.05, 0.1) is 11.4 Å². The lowest BCUT2D eigenvalue weighted by Crippen LogP contribution is -2.41. The molecule has 0 radical (unpaired) electrons. The second-order valence-electron chi connectivity index (χ2n) is 8.78. The molecular formula is C29H24ClN5O3. The molecule has 0 spiro atoms. The number of carbonyl (C=O) groups excluding carboxylic acids is 1. The Hall–Kier alpha value is -4.82.